The lowest BCUT2D eigenvalue weighted by Gasteiger charge is -2.07. The van der Waals surface area contributed by atoms with Crippen LogP contribution in [0.15, 0.2) is 18.2 Å². The van der Waals surface area contributed by atoms with Gasteiger partial charge in [0.1, 0.15) is 12.5 Å². The largest absolute Gasteiger partial charge is 0.507 e. The van der Waals surface area contributed by atoms with Crippen LogP contribution >= 0.6 is 0 Å². The van der Waals surface area contributed by atoms with Crippen LogP contribution in [-0.4, -0.2) is 33.7 Å². The minimum Gasteiger partial charge on any atom is -0.507 e. The molecule has 0 aromatic heterocycles. The molecule has 1 aromatic rings. The number of aliphatic hydroxyl groups is 1. The number of carbonyl (C=O) groups is 2. The van der Waals surface area contributed by atoms with Crippen molar-refractivity contribution in [3.8, 4) is 5.75 Å². The summed E-state index contributed by atoms with van der Waals surface area (Å²) < 4.78 is 0. The molecule has 14 heavy (non-hydrogen) atoms. The summed E-state index contributed by atoms with van der Waals surface area (Å²) in [5.41, 5.74) is 0.0931. The fourth-order valence-corrected chi connectivity index (χ4v) is 1.44. The number of hydrogen-bond acceptors (Lipinski definition) is 4. The van der Waals surface area contributed by atoms with Gasteiger partial charge in [-0.05, 0) is 12.1 Å². The summed E-state index contributed by atoms with van der Waals surface area (Å²) in [6.07, 6.45) is 0. The number of amides is 2. The van der Waals surface area contributed by atoms with E-state index in [0.717, 1.165) is 0 Å². The van der Waals surface area contributed by atoms with Gasteiger partial charge in [0.2, 0.25) is 0 Å². The summed E-state index contributed by atoms with van der Waals surface area (Å²) in [7, 11) is 0. The van der Waals surface area contributed by atoms with Gasteiger partial charge in [-0.25, -0.2) is 0 Å². The van der Waals surface area contributed by atoms with E-state index in [-0.39, 0.29) is 16.9 Å². The van der Waals surface area contributed by atoms with Gasteiger partial charge >= 0.3 is 0 Å². The van der Waals surface area contributed by atoms with Crippen LogP contribution in [0.1, 0.15) is 20.7 Å². The zero-order chi connectivity index (χ0) is 10.3. The highest BCUT2D eigenvalue weighted by atomic mass is 16.3. The van der Waals surface area contributed by atoms with Crippen LogP contribution in [0.3, 0.4) is 0 Å². The van der Waals surface area contributed by atoms with Crippen molar-refractivity contribution in [2.24, 2.45) is 0 Å². The average molecular weight is 193 g/mol. The number of benzene rings is 1. The van der Waals surface area contributed by atoms with E-state index in [2.05, 4.69) is 0 Å². The Morgan fingerprint density at radius 3 is 2.50 bits per heavy atom. The Morgan fingerprint density at radius 1 is 1.21 bits per heavy atom. The number of aliphatic hydroxyl groups excluding tert-OH is 1. The summed E-state index contributed by atoms with van der Waals surface area (Å²) in [6, 6.07) is 4.23. The SMILES string of the molecule is O=C1c2cccc(O)c2C(=O)N1CO. The normalized spacial score (nSPS) is 14.8. The topological polar surface area (TPSA) is 77.8 Å². The fraction of sp³-hybridized carbons (Fsp3) is 0.111. The van der Waals surface area contributed by atoms with Gasteiger partial charge in [0, 0.05) is 0 Å². The van der Waals surface area contributed by atoms with Crippen molar-refractivity contribution < 1.29 is 19.8 Å². The van der Waals surface area contributed by atoms with E-state index >= 15 is 0 Å². The van der Waals surface area contributed by atoms with Crippen molar-refractivity contribution in [2.45, 2.75) is 0 Å². The first kappa shape index (κ1) is 8.71. The second-order valence-electron chi connectivity index (χ2n) is 2.88. The van der Waals surface area contributed by atoms with Crippen LogP contribution in [-0.2, 0) is 0 Å². The fourth-order valence-electron chi connectivity index (χ4n) is 1.44. The first-order valence-electron chi connectivity index (χ1n) is 3.96. The minimum absolute atomic E-state index is 0.0356. The van der Waals surface area contributed by atoms with Gasteiger partial charge in [-0.15, -0.1) is 0 Å². The maximum atomic E-state index is 11.4. The Morgan fingerprint density at radius 2 is 1.93 bits per heavy atom. The number of fused-ring (bicyclic) bond motifs is 1. The van der Waals surface area contributed by atoms with Gasteiger partial charge in [0.25, 0.3) is 11.8 Å². The quantitative estimate of drug-likeness (QED) is 0.612. The van der Waals surface area contributed by atoms with Crippen LogP contribution < -0.4 is 0 Å². The van der Waals surface area contributed by atoms with E-state index in [1.807, 2.05) is 0 Å². The predicted octanol–water partition coefficient (Wildman–Crippen LogP) is -0.0620. The number of phenolic OH excluding ortho intramolecular Hbond substituents is 1. The molecule has 0 unspecified atom stereocenters. The molecule has 5 nitrogen and oxygen atoms in total. The Balaban J connectivity index is 2.64. The molecule has 5 heteroatoms. The van der Waals surface area contributed by atoms with Gasteiger partial charge < -0.3 is 10.2 Å². The zero-order valence-corrected chi connectivity index (χ0v) is 7.10. The van der Waals surface area contributed by atoms with E-state index < -0.39 is 18.5 Å². The maximum Gasteiger partial charge on any atom is 0.267 e. The third kappa shape index (κ3) is 0.928. The highest BCUT2D eigenvalue weighted by Gasteiger charge is 2.36. The first-order valence-corrected chi connectivity index (χ1v) is 3.96. The molecule has 0 saturated heterocycles. The number of imide groups is 1. The molecular weight excluding hydrogens is 186 g/mol. The van der Waals surface area contributed by atoms with E-state index in [1.54, 1.807) is 0 Å². The molecule has 0 aliphatic carbocycles. The molecule has 0 atom stereocenters. The van der Waals surface area contributed by atoms with Crippen molar-refractivity contribution >= 4 is 11.8 Å². The maximum absolute atomic E-state index is 11.4. The highest BCUT2D eigenvalue weighted by Crippen LogP contribution is 2.29. The number of phenols is 1. The number of hydrogen-bond donors (Lipinski definition) is 2. The minimum atomic E-state index is -0.675. The third-order valence-corrected chi connectivity index (χ3v) is 2.12. The van der Waals surface area contributed by atoms with Crippen molar-refractivity contribution in [1.29, 1.82) is 0 Å². The molecule has 0 fully saturated rings. The number of carbonyl (C=O) groups excluding carboxylic acids is 2. The summed E-state index contributed by atoms with van der Waals surface area (Å²) in [6.45, 7) is -0.675. The molecule has 1 heterocycles. The molecule has 0 spiro atoms. The lowest BCUT2D eigenvalue weighted by atomic mass is 10.1. The second-order valence-corrected chi connectivity index (χ2v) is 2.88. The monoisotopic (exact) mass is 193 g/mol. The summed E-state index contributed by atoms with van der Waals surface area (Å²) in [4.78, 5) is 23.5. The lowest BCUT2D eigenvalue weighted by molar-refractivity contribution is 0.0489. The van der Waals surface area contributed by atoms with Gasteiger partial charge in [-0.2, -0.15) is 0 Å². The third-order valence-electron chi connectivity index (χ3n) is 2.12. The van der Waals surface area contributed by atoms with Crippen molar-refractivity contribution in [3.05, 3.63) is 29.3 Å². The van der Waals surface area contributed by atoms with Crippen LogP contribution in [0.4, 0.5) is 0 Å². The van der Waals surface area contributed by atoms with Crippen molar-refractivity contribution in [3.63, 3.8) is 0 Å². The van der Waals surface area contributed by atoms with Gasteiger partial charge in [0.05, 0.1) is 11.1 Å². The molecule has 1 aliphatic rings. The molecule has 1 aliphatic heterocycles. The highest BCUT2D eigenvalue weighted by molar-refractivity contribution is 6.22. The van der Waals surface area contributed by atoms with Gasteiger partial charge in [-0.3, -0.25) is 14.5 Å². The van der Waals surface area contributed by atoms with Crippen molar-refractivity contribution in [2.75, 3.05) is 6.73 Å². The van der Waals surface area contributed by atoms with Crippen LogP contribution in [0.5, 0.6) is 5.75 Å². The van der Waals surface area contributed by atoms with E-state index in [1.165, 1.54) is 18.2 Å². The lowest BCUT2D eigenvalue weighted by Crippen LogP contribution is -2.30. The Labute approximate surface area is 79.2 Å². The molecular formula is C9H7NO4. The summed E-state index contributed by atoms with van der Waals surface area (Å²) >= 11 is 0. The summed E-state index contributed by atoms with van der Waals surface area (Å²) in [5, 5.41) is 18.1. The molecule has 0 saturated carbocycles. The second kappa shape index (κ2) is 2.81. The van der Waals surface area contributed by atoms with E-state index in [0.29, 0.717) is 4.90 Å². The molecule has 2 N–H and O–H groups in total. The van der Waals surface area contributed by atoms with Gasteiger partial charge in [-0.1, -0.05) is 6.07 Å². The molecule has 0 radical (unpaired) electrons. The average Bonchev–Trinajstić information content (AvgIpc) is 2.41. The number of nitrogens with zero attached hydrogens (tertiary/aromatic N) is 1. The predicted molar refractivity (Wildman–Crippen MR) is 45.7 cm³/mol. The smallest absolute Gasteiger partial charge is 0.267 e. The van der Waals surface area contributed by atoms with Gasteiger partial charge in [0.15, 0.2) is 0 Å². The first-order chi connectivity index (χ1) is 6.66. The van der Waals surface area contributed by atoms with E-state index in [9.17, 15) is 14.7 Å². The number of aromatic hydroxyl groups is 1. The zero-order valence-electron chi connectivity index (χ0n) is 7.10. The molecule has 1 aromatic carbocycles. The van der Waals surface area contributed by atoms with Crippen LogP contribution in [0.25, 0.3) is 0 Å². The Bertz CT molecular complexity index is 427. The molecule has 2 rings (SSSR count). The molecule has 2 amide bonds. The Hall–Kier alpha value is -1.88. The molecule has 0 bridgehead atoms. The van der Waals surface area contributed by atoms with E-state index in [4.69, 9.17) is 5.11 Å². The number of rotatable bonds is 1. The standard InChI is InChI=1S/C9H7NO4/c11-4-10-8(13)5-2-1-3-6(12)7(5)9(10)14/h1-3,11-12H,4H2. The van der Waals surface area contributed by atoms with Crippen LogP contribution in [0, 0.1) is 0 Å². The van der Waals surface area contributed by atoms with Crippen LogP contribution in [0.2, 0.25) is 0 Å². The Kier molecular flexibility index (Phi) is 1.75. The summed E-state index contributed by atoms with van der Waals surface area (Å²) in [5.74, 6) is -1.48. The molecule has 72 valence electrons. The van der Waals surface area contributed by atoms with Crippen molar-refractivity contribution in [1.82, 2.24) is 4.90 Å².